The molecule has 1 aliphatic heterocycles. The number of aromatic nitrogens is 1. The second-order valence-corrected chi connectivity index (χ2v) is 8.50. The van der Waals surface area contributed by atoms with E-state index in [1.54, 1.807) is 37.4 Å². The van der Waals surface area contributed by atoms with Gasteiger partial charge >= 0.3 is 5.97 Å². The number of nitrogens with zero attached hydrogens (tertiary/aromatic N) is 1. The number of para-hydroxylation sites is 1. The number of aliphatic hydroxyl groups is 1. The van der Waals surface area contributed by atoms with Gasteiger partial charge in [0.25, 0.3) is 11.7 Å². The van der Waals surface area contributed by atoms with Crippen LogP contribution in [0.5, 0.6) is 0 Å². The first-order chi connectivity index (χ1) is 17.5. The molecule has 1 saturated heterocycles. The molecule has 1 atom stereocenters. The minimum absolute atomic E-state index is 0.0408. The van der Waals surface area contributed by atoms with Crippen LogP contribution in [0.15, 0.2) is 90.6 Å². The Labute approximate surface area is 207 Å². The van der Waals surface area contributed by atoms with Crippen molar-refractivity contribution in [2.24, 2.45) is 0 Å². The molecule has 1 aromatic heterocycles. The number of fused-ring (bicyclic) bond motifs is 1. The predicted octanol–water partition coefficient (Wildman–Crippen LogP) is 4.97. The summed E-state index contributed by atoms with van der Waals surface area (Å²) in [6.45, 7) is 2.14. The van der Waals surface area contributed by atoms with Crippen molar-refractivity contribution in [2.75, 3.05) is 6.61 Å². The molecule has 2 N–H and O–H groups in total. The van der Waals surface area contributed by atoms with E-state index in [-0.39, 0.29) is 24.5 Å². The number of rotatable bonds is 6. The summed E-state index contributed by atoms with van der Waals surface area (Å²) in [4.78, 5) is 43.1. The number of nitrogens with one attached hydrogen (secondary N) is 1. The fourth-order valence-corrected chi connectivity index (χ4v) is 4.59. The van der Waals surface area contributed by atoms with E-state index in [1.165, 1.54) is 4.90 Å². The van der Waals surface area contributed by atoms with Crippen molar-refractivity contribution in [2.45, 2.75) is 19.5 Å². The summed E-state index contributed by atoms with van der Waals surface area (Å²) in [5, 5.41) is 12.1. The first-order valence-electron chi connectivity index (χ1n) is 11.7. The molecule has 1 aliphatic rings. The largest absolute Gasteiger partial charge is 0.507 e. The fraction of sp³-hybridized carbons (Fsp3) is 0.138. The molecule has 0 aliphatic carbocycles. The van der Waals surface area contributed by atoms with Gasteiger partial charge in [0, 0.05) is 29.2 Å². The Bertz CT molecular complexity index is 1490. The second-order valence-electron chi connectivity index (χ2n) is 8.50. The maximum absolute atomic E-state index is 13.3. The molecule has 7 heteroatoms. The summed E-state index contributed by atoms with van der Waals surface area (Å²) in [6.07, 6.45) is 1.64. The SMILES string of the molecule is CCOC(=O)c1ccc(CN2C(=O)C(=O)/C(=C(\O)c3c[nH]c4ccccc34)C2c2ccccc2)cc1. The number of ketones is 1. The maximum atomic E-state index is 13.3. The van der Waals surface area contributed by atoms with E-state index >= 15 is 0 Å². The normalized spacial score (nSPS) is 17.0. The van der Waals surface area contributed by atoms with Crippen LogP contribution < -0.4 is 0 Å². The number of carbonyl (C=O) groups is 3. The van der Waals surface area contributed by atoms with Gasteiger partial charge in [-0.3, -0.25) is 9.59 Å². The molecule has 5 rings (SSSR count). The van der Waals surface area contributed by atoms with E-state index in [4.69, 9.17) is 4.74 Å². The summed E-state index contributed by atoms with van der Waals surface area (Å²) in [5.41, 5.74) is 3.16. The number of hydrogen-bond acceptors (Lipinski definition) is 5. The standard InChI is InChI=1S/C29H24N2O5/c1-2-36-29(35)20-14-12-18(13-15-20)17-31-25(19-8-4-3-5-9-19)24(27(33)28(31)34)26(32)22-16-30-23-11-7-6-10-21(22)23/h3-16,25,30,32H,2,17H2,1H3/b26-24-. The van der Waals surface area contributed by atoms with E-state index < -0.39 is 23.7 Å². The minimum Gasteiger partial charge on any atom is -0.507 e. The molecule has 36 heavy (non-hydrogen) atoms. The van der Waals surface area contributed by atoms with Gasteiger partial charge in [-0.15, -0.1) is 0 Å². The summed E-state index contributed by atoms with van der Waals surface area (Å²) in [5.74, 6) is -2.08. The topological polar surface area (TPSA) is 99.7 Å². The third kappa shape index (κ3) is 4.05. The predicted molar refractivity (Wildman–Crippen MR) is 135 cm³/mol. The van der Waals surface area contributed by atoms with Crippen LogP contribution in [0, 0.1) is 0 Å². The van der Waals surface area contributed by atoms with Crippen LogP contribution in [0.25, 0.3) is 16.7 Å². The summed E-state index contributed by atoms with van der Waals surface area (Å²) >= 11 is 0. The average Bonchev–Trinajstić information content (AvgIpc) is 3.44. The van der Waals surface area contributed by atoms with E-state index in [0.717, 1.165) is 16.5 Å². The molecular formula is C29H24N2O5. The summed E-state index contributed by atoms with van der Waals surface area (Å²) in [6, 6.07) is 22.6. The number of H-pyrrole nitrogens is 1. The van der Waals surface area contributed by atoms with E-state index in [2.05, 4.69) is 4.98 Å². The molecule has 180 valence electrons. The summed E-state index contributed by atoms with van der Waals surface area (Å²) < 4.78 is 5.03. The van der Waals surface area contributed by atoms with Gasteiger partial charge in [-0.05, 0) is 36.2 Å². The first-order valence-corrected chi connectivity index (χ1v) is 11.7. The molecule has 2 heterocycles. The Morgan fingerprint density at radius 2 is 1.67 bits per heavy atom. The number of likely N-dealkylation sites (tertiary alicyclic amines) is 1. The highest BCUT2D eigenvalue weighted by atomic mass is 16.5. The quantitative estimate of drug-likeness (QED) is 0.176. The van der Waals surface area contributed by atoms with Crippen LogP contribution in [-0.2, 0) is 20.9 Å². The third-order valence-electron chi connectivity index (χ3n) is 6.32. The van der Waals surface area contributed by atoms with Gasteiger partial charge in [0.1, 0.15) is 5.76 Å². The van der Waals surface area contributed by atoms with Gasteiger partial charge in [0.05, 0.1) is 23.8 Å². The maximum Gasteiger partial charge on any atom is 0.338 e. The Hall–Kier alpha value is -4.65. The van der Waals surface area contributed by atoms with Crippen molar-refractivity contribution >= 4 is 34.3 Å². The van der Waals surface area contributed by atoms with Crippen molar-refractivity contribution in [1.29, 1.82) is 0 Å². The lowest BCUT2D eigenvalue weighted by molar-refractivity contribution is -0.140. The fourth-order valence-electron chi connectivity index (χ4n) is 4.59. The van der Waals surface area contributed by atoms with Crippen molar-refractivity contribution < 1.29 is 24.2 Å². The van der Waals surface area contributed by atoms with Crippen molar-refractivity contribution in [1.82, 2.24) is 9.88 Å². The molecule has 0 spiro atoms. The Balaban J connectivity index is 1.57. The number of amides is 1. The van der Waals surface area contributed by atoms with Gasteiger partial charge in [0.15, 0.2) is 0 Å². The van der Waals surface area contributed by atoms with E-state index in [9.17, 15) is 19.5 Å². The number of hydrogen-bond donors (Lipinski definition) is 2. The van der Waals surface area contributed by atoms with Crippen LogP contribution in [-0.4, -0.2) is 39.3 Å². The molecule has 3 aromatic carbocycles. The van der Waals surface area contributed by atoms with Gasteiger partial charge in [-0.2, -0.15) is 0 Å². The summed E-state index contributed by atoms with van der Waals surface area (Å²) in [7, 11) is 0. The molecule has 1 unspecified atom stereocenters. The number of esters is 1. The lowest BCUT2D eigenvalue weighted by Gasteiger charge is -2.25. The lowest BCUT2D eigenvalue weighted by atomic mass is 9.95. The van der Waals surface area contributed by atoms with Crippen molar-refractivity contribution in [3.8, 4) is 0 Å². The molecule has 4 aromatic rings. The smallest absolute Gasteiger partial charge is 0.338 e. The Kier molecular flexibility index (Phi) is 6.12. The Morgan fingerprint density at radius 3 is 2.39 bits per heavy atom. The number of Topliss-reactive ketones (excluding diaryl/α,β-unsaturated/α-hetero) is 1. The van der Waals surface area contributed by atoms with Crippen molar-refractivity contribution in [3.63, 3.8) is 0 Å². The van der Waals surface area contributed by atoms with Crippen LogP contribution in [0.4, 0.5) is 0 Å². The lowest BCUT2D eigenvalue weighted by Crippen LogP contribution is -2.29. The molecular weight excluding hydrogens is 456 g/mol. The number of aliphatic hydroxyl groups excluding tert-OH is 1. The van der Waals surface area contributed by atoms with Crippen LogP contribution in [0.3, 0.4) is 0 Å². The van der Waals surface area contributed by atoms with Crippen LogP contribution in [0.1, 0.15) is 40.0 Å². The Morgan fingerprint density at radius 1 is 0.972 bits per heavy atom. The minimum atomic E-state index is -0.774. The molecule has 0 saturated carbocycles. The molecule has 1 amide bonds. The monoisotopic (exact) mass is 480 g/mol. The van der Waals surface area contributed by atoms with E-state index in [1.807, 2.05) is 54.6 Å². The van der Waals surface area contributed by atoms with Crippen molar-refractivity contribution in [3.05, 3.63) is 113 Å². The molecule has 0 bridgehead atoms. The first kappa shape index (κ1) is 23.1. The van der Waals surface area contributed by atoms with Gasteiger partial charge in [0.2, 0.25) is 0 Å². The molecule has 7 nitrogen and oxygen atoms in total. The molecule has 1 fully saturated rings. The number of aromatic amines is 1. The van der Waals surface area contributed by atoms with Gasteiger partial charge in [-0.1, -0.05) is 60.7 Å². The van der Waals surface area contributed by atoms with Gasteiger partial charge in [-0.25, -0.2) is 4.79 Å². The number of ether oxygens (including phenoxy) is 1. The number of benzene rings is 3. The zero-order valence-electron chi connectivity index (χ0n) is 19.6. The van der Waals surface area contributed by atoms with E-state index in [0.29, 0.717) is 16.7 Å². The molecule has 0 radical (unpaired) electrons. The zero-order chi connectivity index (χ0) is 25.2. The van der Waals surface area contributed by atoms with Gasteiger partial charge < -0.3 is 19.7 Å². The highest BCUT2D eigenvalue weighted by molar-refractivity contribution is 6.46. The number of carbonyl (C=O) groups excluding carboxylic acids is 3. The average molecular weight is 481 g/mol. The third-order valence-corrected chi connectivity index (χ3v) is 6.32. The zero-order valence-corrected chi connectivity index (χ0v) is 19.6. The highest BCUT2D eigenvalue weighted by Gasteiger charge is 2.46. The van der Waals surface area contributed by atoms with Crippen LogP contribution in [0.2, 0.25) is 0 Å². The van der Waals surface area contributed by atoms with Crippen LogP contribution >= 0.6 is 0 Å². The second kappa shape index (κ2) is 9.54. The highest BCUT2D eigenvalue weighted by Crippen LogP contribution is 2.41.